The molecule has 0 spiro atoms. The Hall–Kier alpha value is -1.36. The first kappa shape index (κ1) is 8.25. The molecule has 1 saturated heterocycles. The standard InChI is InChI=1S/C8H13N5/c9-8-11-4-2-7(13-8)12-5-6-1-3-10-6/h2,4,6,10H,1,3,5H2,(H3,9,11,12,13)/t6-/m1/s1. The van der Waals surface area contributed by atoms with Crippen molar-refractivity contribution < 1.29 is 0 Å². The summed E-state index contributed by atoms with van der Waals surface area (Å²) in [5, 5.41) is 6.49. The Balaban J connectivity index is 1.86. The highest BCUT2D eigenvalue weighted by atomic mass is 15.1. The van der Waals surface area contributed by atoms with Crippen LogP contribution in [0.1, 0.15) is 6.42 Å². The lowest BCUT2D eigenvalue weighted by Crippen LogP contribution is -2.47. The van der Waals surface area contributed by atoms with Crippen molar-refractivity contribution in [3.63, 3.8) is 0 Å². The van der Waals surface area contributed by atoms with Crippen molar-refractivity contribution in [2.75, 3.05) is 24.1 Å². The lowest BCUT2D eigenvalue weighted by molar-refractivity contribution is 0.386. The summed E-state index contributed by atoms with van der Waals surface area (Å²) in [5.41, 5.74) is 5.43. The summed E-state index contributed by atoms with van der Waals surface area (Å²) in [6.07, 6.45) is 2.88. The number of rotatable bonds is 3. The van der Waals surface area contributed by atoms with Crippen LogP contribution in [0.5, 0.6) is 0 Å². The van der Waals surface area contributed by atoms with Gasteiger partial charge >= 0.3 is 0 Å². The van der Waals surface area contributed by atoms with E-state index in [1.54, 1.807) is 6.20 Å². The quantitative estimate of drug-likeness (QED) is 0.600. The number of hydrogen-bond acceptors (Lipinski definition) is 5. The number of nitrogens with one attached hydrogen (secondary N) is 2. The van der Waals surface area contributed by atoms with Gasteiger partial charge in [-0.15, -0.1) is 0 Å². The largest absolute Gasteiger partial charge is 0.368 e. The highest BCUT2D eigenvalue weighted by Crippen LogP contribution is 2.06. The second kappa shape index (κ2) is 3.57. The van der Waals surface area contributed by atoms with Crippen LogP contribution in [-0.2, 0) is 0 Å². The van der Waals surface area contributed by atoms with Crippen molar-refractivity contribution in [1.29, 1.82) is 0 Å². The molecule has 2 heterocycles. The fourth-order valence-corrected chi connectivity index (χ4v) is 1.22. The predicted molar refractivity (Wildman–Crippen MR) is 51.3 cm³/mol. The van der Waals surface area contributed by atoms with E-state index in [0.717, 1.165) is 18.9 Å². The topological polar surface area (TPSA) is 75.9 Å². The maximum Gasteiger partial charge on any atom is 0.221 e. The summed E-state index contributed by atoms with van der Waals surface area (Å²) < 4.78 is 0. The molecule has 0 aromatic carbocycles. The number of nitrogens with zero attached hydrogens (tertiary/aromatic N) is 2. The van der Waals surface area contributed by atoms with Crippen molar-refractivity contribution in [2.45, 2.75) is 12.5 Å². The van der Waals surface area contributed by atoms with Crippen molar-refractivity contribution in [2.24, 2.45) is 0 Å². The van der Waals surface area contributed by atoms with Gasteiger partial charge in [0.25, 0.3) is 0 Å². The number of nitrogens with two attached hydrogens (primary N) is 1. The van der Waals surface area contributed by atoms with Crippen molar-refractivity contribution in [1.82, 2.24) is 15.3 Å². The molecule has 5 heteroatoms. The van der Waals surface area contributed by atoms with Gasteiger partial charge in [-0.2, -0.15) is 4.98 Å². The summed E-state index contributed by atoms with van der Waals surface area (Å²) in [4.78, 5) is 7.84. The molecule has 0 unspecified atom stereocenters. The minimum atomic E-state index is 0.312. The van der Waals surface area contributed by atoms with Crippen LogP contribution in [-0.4, -0.2) is 29.1 Å². The summed E-state index contributed by atoms with van der Waals surface area (Å²) in [5.74, 6) is 1.10. The fourth-order valence-electron chi connectivity index (χ4n) is 1.22. The molecule has 1 aromatic heterocycles. The van der Waals surface area contributed by atoms with Gasteiger partial charge in [-0.1, -0.05) is 0 Å². The van der Waals surface area contributed by atoms with E-state index in [4.69, 9.17) is 5.73 Å². The van der Waals surface area contributed by atoms with Crippen molar-refractivity contribution >= 4 is 11.8 Å². The van der Waals surface area contributed by atoms with Gasteiger partial charge in [0, 0.05) is 18.8 Å². The third kappa shape index (κ3) is 2.06. The fraction of sp³-hybridized carbons (Fsp3) is 0.500. The maximum absolute atomic E-state index is 5.43. The first-order chi connectivity index (χ1) is 6.34. The van der Waals surface area contributed by atoms with Crippen LogP contribution in [0.25, 0.3) is 0 Å². The van der Waals surface area contributed by atoms with E-state index in [9.17, 15) is 0 Å². The molecule has 1 atom stereocenters. The van der Waals surface area contributed by atoms with Gasteiger partial charge in [0.1, 0.15) is 5.82 Å². The molecular weight excluding hydrogens is 166 g/mol. The number of aromatic nitrogens is 2. The minimum absolute atomic E-state index is 0.312. The maximum atomic E-state index is 5.43. The van der Waals surface area contributed by atoms with Gasteiger partial charge in [0.2, 0.25) is 5.95 Å². The van der Waals surface area contributed by atoms with E-state index in [0.29, 0.717) is 12.0 Å². The molecule has 4 N–H and O–H groups in total. The molecule has 0 radical (unpaired) electrons. The highest BCUT2D eigenvalue weighted by molar-refractivity contribution is 5.37. The highest BCUT2D eigenvalue weighted by Gasteiger charge is 2.15. The SMILES string of the molecule is Nc1nccc(NC[C@H]2CCN2)n1. The lowest BCUT2D eigenvalue weighted by atomic mass is 10.1. The molecule has 0 amide bonds. The van der Waals surface area contributed by atoms with Crippen LogP contribution in [0.15, 0.2) is 12.3 Å². The Morgan fingerprint density at radius 3 is 3.15 bits per heavy atom. The number of nitrogen functional groups attached to an aromatic ring is 1. The average molecular weight is 179 g/mol. The zero-order valence-corrected chi connectivity index (χ0v) is 7.33. The molecular formula is C8H13N5. The number of hydrogen-bond donors (Lipinski definition) is 3. The molecule has 0 bridgehead atoms. The smallest absolute Gasteiger partial charge is 0.221 e. The third-order valence-corrected chi connectivity index (χ3v) is 2.13. The Morgan fingerprint density at radius 2 is 2.54 bits per heavy atom. The molecule has 0 saturated carbocycles. The van der Waals surface area contributed by atoms with E-state index in [2.05, 4.69) is 20.6 Å². The van der Waals surface area contributed by atoms with Gasteiger partial charge in [-0.25, -0.2) is 4.98 Å². The summed E-state index contributed by atoms with van der Waals surface area (Å²) in [6.45, 7) is 2.02. The van der Waals surface area contributed by atoms with Crippen LogP contribution in [0, 0.1) is 0 Å². The second-order valence-corrected chi connectivity index (χ2v) is 3.12. The van der Waals surface area contributed by atoms with Gasteiger partial charge in [0.05, 0.1) is 0 Å². The van der Waals surface area contributed by atoms with E-state index < -0.39 is 0 Å². The molecule has 1 aromatic rings. The molecule has 1 aliphatic rings. The summed E-state index contributed by atoms with van der Waals surface area (Å²) in [7, 11) is 0. The summed E-state index contributed by atoms with van der Waals surface area (Å²) in [6, 6.07) is 2.39. The van der Waals surface area contributed by atoms with E-state index in [1.807, 2.05) is 6.07 Å². The molecule has 1 aliphatic heterocycles. The van der Waals surface area contributed by atoms with Crippen LogP contribution in [0.4, 0.5) is 11.8 Å². The Labute approximate surface area is 76.8 Å². The average Bonchev–Trinajstić information content (AvgIpc) is 2.01. The van der Waals surface area contributed by atoms with Gasteiger partial charge in [0.15, 0.2) is 0 Å². The molecule has 70 valence electrons. The Kier molecular flexibility index (Phi) is 2.27. The Morgan fingerprint density at radius 1 is 1.69 bits per heavy atom. The van der Waals surface area contributed by atoms with Gasteiger partial charge in [-0.3, -0.25) is 0 Å². The van der Waals surface area contributed by atoms with E-state index >= 15 is 0 Å². The first-order valence-corrected chi connectivity index (χ1v) is 4.40. The van der Waals surface area contributed by atoms with Crippen LogP contribution < -0.4 is 16.4 Å². The Bertz CT molecular complexity index is 284. The van der Waals surface area contributed by atoms with Crippen LogP contribution >= 0.6 is 0 Å². The predicted octanol–water partition coefficient (Wildman–Crippen LogP) is -0.167. The van der Waals surface area contributed by atoms with Crippen molar-refractivity contribution in [3.05, 3.63) is 12.3 Å². The van der Waals surface area contributed by atoms with Crippen molar-refractivity contribution in [3.8, 4) is 0 Å². The molecule has 13 heavy (non-hydrogen) atoms. The van der Waals surface area contributed by atoms with E-state index in [-0.39, 0.29) is 0 Å². The van der Waals surface area contributed by atoms with E-state index in [1.165, 1.54) is 6.42 Å². The zero-order valence-electron chi connectivity index (χ0n) is 7.33. The van der Waals surface area contributed by atoms with Gasteiger partial charge in [-0.05, 0) is 19.0 Å². The second-order valence-electron chi connectivity index (χ2n) is 3.12. The zero-order chi connectivity index (χ0) is 9.10. The summed E-state index contributed by atoms with van der Waals surface area (Å²) >= 11 is 0. The monoisotopic (exact) mass is 179 g/mol. The third-order valence-electron chi connectivity index (χ3n) is 2.13. The lowest BCUT2D eigenvalue weighted by Gasteiger charge is -2.27. The first-order valence-electron chi connectivity index (χ1n) is 4.40. The van der Waals surface area contributed by atoms with Crippen LogP contribution in [0.3, 0.4) is 0 Å². The molecule has 0 aliphatic carbocycles. The molecule has 1 fully saturated rings. The normalized spacial score (nSPS) is 20.8. The molecule has 5 nitrogen and oxygen atoms in total. The molecule has 2 rings (SSSR count). The minimum Gasteiger partial charge on any atom is -0.368 e. The number of anilines is 2. The van der Waals surface area contributed by atoms with Gasteiger partial charge < -0.3 is 16.4 Å². The van der Waals surface area contributed by atoms with Crippen LogP contribution in [0.2, 0.25) is 0 Å².